The van der Waals surface area contributed by atoms with Crippen molar-refractivity contribution in [2.24, 2.45) is 0 Å². The average molecular weight is 356 g/mol. The van der Waals surface area contributed by atoms with E-state index in [9.17, 15) is 17.6 Å². The quantitative estimate of drug-likeness (QED) is 0.428. The van der Waals surface area contributed by atoms with E-state index in [1.54, 1.807) is 6.20 Å². The maximum absolute atomic E-state index is 13.3. The summed E-state index contributed by atoms with van der Waals surface area (Å²) in [5.74, 6) is -1.42. The van der Waals surface area contributed by atoms with Gasteiger partial charge in [-0.1, -0.05) is 0 Å². The molecular formula is C14H17FN4O4S. The van der Waals surface area contributed by atoms with Gasteiger partial charge in [-0.3, -0.25) is 10.0 Å². The van der Waals surface area contributed by atoms with Crippen molar-refractivity contribution in [3.8, 4) is 0 Å². The van der Waals surface area contributed by atoms with Gasteiger partial charge in [-0.25, -0.2) is 23.3 Å². The number of hydroxylamine groups is 1. The van der Waals surface area contributed by atoms with E-state index in [0.29, 0.717) is 12.1 Å². The lowest BCUT2D eigenvalue weighted by Crippen LogP contribution is -2.46. The number of aromatic nitrogens is 2. The predicted octanol–water partition coefficient (Wildman–Crippen LogP) is 0.642. The van der Waals surface area contributed by atoms with Gasteiger partial charge in [0.05, 0.1) is 11.2 Å². The maximum Gasteiger partial charge on any atom is 0.261 e. The molecule has 0 saturated carbocycles. The number of nitrogens with one attached hydrogen (secondary N) is 3. The minimum Gasteiger partial charge on any atom is -0.348 e. The number of halogens is 1. The fourth-order valence-corrected chi connectivity index (χ4v) is 3.40. The molecule has 0 saturated heterocycles. The number of amides is 1. The smallest absolute Gasteiger partial charge is 0.261 e. The number of hydrogen-bond donors (Lipinski definition) is 4. The molecule has 0 unspecified atom stereocenters. The number of aryl methyl sites for hydroxylation is 2. The third kappa shape index (κ3) is 4.37. The SMILES string of the molecule is Cc1cc(S(=O)(=O)N[C@H](CCc2cnc[nH]2)C(=O)NO)ccc1F. The zero-order valence-corrected chi connectivity index (χ0v) is 13.6. The summed E-state index contributed by atoms with van der Waals surface area (Å²) in [6, 6.07) is 2.11. The zero-order valence-electron chi connectivity index (χ0n) is 12.8. The minimum atomic E-state index is -4.06. The van der Waals surface area contributed by atoms with Crippen molar-refractivity contribution in [1.29, 1.82) is 0 Å². The Bertz CT molecular complexity index is 808. The number of hydrogen-bond acceptors (Lipinski definition) is 5. The van der Waals surface area contributed by atoms with Crippen LogP contribution in [0.1, 0.15) is 17.7 Å². The van der Waals surface area contributed by atoms with Crippen molar-refractivity contribution >= 4 is 15.9 Å². The molecule has 0 aliphatic heterocycles. The van der Waals surface area contributed by atoms with Gasteiger partial charge in [-0.2, -0.15) is 4.72 Å². The van der Waals surface area contributed by atoms with Gasteiger partial charge < -0.3 is 4.98 Å². The molecule has 0 fully saturated rings. The van der Waals surface area contributed by atoms with Crippen LogP contribution in [0, 0.1) is 12.7 Å². The summed E-state index contributed by atoms with van der Waals surface area (Å²) in [5.41, 5.74) is 2.31. The van der Waals surface area contributed by atoms with Crippen LogP contribution in [0.15, 0.2) is 35.6 Å². The van der Waals surface area contributed by atoms with E-state index >= 15 is 0 Å². The minimum absolute atomic E-state index is 0.0913. The second-order valence-corrected chi connectivity index (χ2v) is 6.89. The van der Waals surface area contributed by atoms with Crippen molar-refractivity contribution in [2.45, 2.75) is 30.7 Å². The summed E-state index contributed by atoms with van der Waals surface area (Å²) in [4.78, 5) is 18.2. The summed E-state index contributed by atoms with van der Waals surface area (Å²) >= 11 is 0. The summed E-state index contributed by atoms with van der Waals surface area (Å²) in [6.07, 6.45) is 3.44. The lowest BCUT2D eigenvalue weighted by atomic mass is 10.1. The first kappa shape index (κ1) is 18.0. The van der Waals surface area contributed by atoms with Crippen molar-refractivity contribution in [3.05, 3.63) is 47.8 Å². The van der Waals surface area contributed by atoms with Gasteiger partial charge in [-0.05, 0) is 43.5 Å². The van der Waals surface area contributed by atoms with Crippen LogP contribution in [0.3, 0.4) is 0 Å². The number of carbonyl (C=O) groups excluding carboxylic acids is 1. The highest BCUT2D eigenvalue weighted by Gasteiger charge is 2.26. The topological polar surface area (TPSA) is 124 Å². The van der Waals surface area contributed by atoms with E-state index in [4.69, 9.17) is 5.21 Å². The maximum atomic E-state index is 13.3. The van der Waals surface area contributed by atoms with Crippen LogP contribution in [-0.2, 0) is 21.2 Å². The molecule has 1 atom stereocenters. The molecule has 0 spiro atoms. The molecule has 0 radical (unpaired) electrons. The molecule has 2 rings (SSSR count). The van der Waals surface area contributed by atoms with Gasteiger partial charge in [0.25, 0.3) is 5.91 Å². The molecule has 0 aliphatic rings. The molecule has 4 N–H and O–H groups in total. The van der Waals surface area contributed by atoms with Gasteiger partial charge in [-0.15, -0.1) is 0 Å². The first-order valence-corrected chi connectivity index (χ1v) is 8.51. The highest BCUT2D eigenvalue weighted by Crippen LogP contribution is 2.15. The molecule has 0 aliphatic carbocycles. The molecule has 2 aromatic rings. The van der Waals surface area contributed by atoms with E-state index in [2.05, 4.69) is 14.7 Å². The average Bonchev–Trinajstić information content (AvgIpc) is 3.06. The van der Waals surface area contributed by atoms with Crippen LogP contribution in [0.2, 0.25) is 0 Å². The Balaban J connectivity index is 2.17. The third-order valence-corrected chi connectivity index (χ3v) is 4.89. The van der Waals surface area contributed by atoms with Gasteiger partial charge >= 0.3 is 0 Å². The van der Waals surface area contributed by atoms with Crippen molar-refractivity contribution in [3.63, 3.8) is 0 Å². The first-order valence-electron chi connectivity index (χ1n) is 7.03. The Kier molecular flexibility index (Phi) is 5.65. The molecule has 1 aromatic carbocycles. The summed E-state index contributed by atoms with van der Waals surface area (Å²) in [6.45, 7) is 1.44. The van der Waals surface area contributed by atoms with E-state index < -0.39 is 27.8 Å². The number of nitrogens with zero attached hydrogens (tertiary/aromatic N) is 1. The van der Waals surface area contributed by atoms with E-state index in [1.165, 1.54) is 24.8 Å². The number of imidazole rings is 1. The number of benzene rings is 1. The fraction of sp³-hybridized carbons (Fsp3) is 0.286. The molecule has 1 amide bonds. The number of H-pyrrole nitrogens is 1. The van der Waals surface area contributed by atoms with E-state index in [-0.39, 0.29) is 16.9 Å². The molecule has 10 heteroatoms. The molecule has 1 heterocycles. The molecule has 24 heavy (non-hydrogen) atoms. The standard InChI is InChI=1S/C14H17FN4O4S/c1-9-6-11(3-4-12(9)15)24(22,23)19-13(14(20)18-21)5-2-10-7-16-8-17-10/h3-4,6-8,13,19,21H,2,5H2,1H3,(H,16,17)(H,18,20)/t13-/m1/s1. The summed E-state index contributed by atoms with van der Waals surface area (Å²) in [7, 11) is -4.06. The normalized spacial score (nSPS) is 12.8. The van der Waals surface area contributed by atoms with Crippen LogP contribution >= 0.6 is 0 Å². The van der Waals surface area contributed by atoms with Crippen LogP contribution in [0.5, 0.6) is 0 Å². The predicted molar refractivity (Wildman–Crippen MR) is 82.1 cm³/mol. The molecule has 1 aromatic heterocycles. The van der Waals surface area contributed by atoms with Crippen molar-refractivity contribution in [2.75, 3.05) is 0 Å². The number of aromatic amines is 1. The molecule has 8 nitrogen and oxygen atoms in total. The molecule has 130 valence electrons. The Labute approximate surface area is 138 Å². The lowest BCUT2D eigenvalue weighted by Gasteiger charge is -2.17. The largest absolute Gasteiger partial charge is 0.348 e. The highest BCUT2D eigenvalue weighted by molar-refractivity contribution is 7.89. The van der Waals surface area contributed by atoms with Crippen molar-refractivity contribution < 1.29 is 22.8 Å². The number of rotatable bonds is 7. The Morgan fingerprint density at radius 2 is 2.21 bits per heavy atom. The van der Waals surface area contributed by atoms with Crippen LogP contribution in [-0.4, -0.2) is 35.5 Å². The third-order valence-electron chi connectivity index (χ3n) is 3.42. The van der Waals surface area contributed by atoms with Gasteiger partial charge in [0.2, 0.25) is 10.0 Å². The second-order valence-electron chi connectivity index (χ2n) is 5.18. The highest BCUT2D eigenvalue weighted by atomic mass is 32.2. The summed E-state index contributed by atoms with van der Waals surface area (Å²) < 4.78 is 40.2. The number of carbonyl (C=O) groups is 1. The number of sulfonamides is 1. The zero-order chi connectivity index (χ0) is 17.7. The van der Waals surface area contributed by atoms with Gasteiger partial charge in [0.1, 0.15) is 11.9 Å². The Morgan fingerprint density at radius 1 is 1.46 bits per heavy atom. The van der Waals surface area contributed by atoms with Gasteiger partial charge in [0, 0.05) is 11.9 Å². The Hall–Kier alpha value is -2.30. The van der Waals surface area contributed by atoms with Crippen LogP contribution in [0.25, 0.3) is 0 Å². The lowest BCUT2D eigenvalue weighted by molar-refractivity contribution is -0.131. The fourth-order valence-electron chi connectivity index (χ4n) is 2.08. The molecular weight excluding hydrogens is 339 g/mol. The second kappa shape index (κ2) is 7.51. The van der Waals surface area contributed by atoms with Crippen molar-refractivity contribution in [1.82, 2.24) is 20.2 Å². The monoisotopic (exact) mass is 356 g/mol. The van der Waals surface area contributed by atoms with E-state index in [1.807, 2.05) is 0 Å². The van der Waals surface area contributed by atoms with Crippen LogP contribution < -0.4 is 10.2 Å². The van der Waals surface area contributed by atoms with Crippen LogP contribution in [0.4, 0.5) is 4.39 Å². The summed E-state index contributed by atoms with van der Waals surface area (Å²) in [5, 5.41) is 8.81. The molecule has 0 bridgehead atoms. The Morgan fingerprint density at radius 3 is 2.79 bits per heavy atom. The van der Waals surface area contributed by atoms with E-state index in [0.717, 1.165) is 12.1 Å². The van der Waals surface area contributed by atoms with Gasteiger partial charge in [0.15, 0.2) is 0 Å². The first-order chi connectivity index (χ1) is 11.3.